The van der Waals surface area contributed by atoms with Crippen molar-refractivity contribution >= 4 is 29.0 Å². The number of hydrogen-bond donors (Lipinski definition) is 3. The molecule has 0 aliphatic carbocycles. The molecule has 2 amide bonds. The molecule has 4 atom stereocenters. The highest BCUT2D eigenvalue weighted by Gasteiger charge is 2.43. The minimum Gasteiger partial charge on any atom is -0.391 e. The van der Waals surface area contributed by atoms with Gasteiger partial charge in [0.1, 0.15) is 12.0 Å². The van der Waals surface area contributed by atoms with Gasteiger partial charge in [-0.25, -0.2) is 4.98 Å². The summed E-state index contributed by atoms with van der Waals surface area (Å²) in [6.45, 7) is 11.3. The minimum atomic E-state index is -0.768. The van der Waals surface area contributed by atoms with Crippen LogP contribution >= 0.6 is 11.3 Å². The van der Waals surface area contributed by atoms with E-state index in [2.05, 4.69) is 25.7 Å². The van der Waals surface area contributed by atoms with Crippen molar-refractivity contribution in [3.63, 3.8) is 0 Å². The van der Waals surface area contributed by atoms with E-state index in [9.17, 15) is 14.7 Å². The van der Waals surface area contributed by atoms with Crippen LogP contribution in [0.25, 0.3) is 10.4 Å². The summed E-state index contributed by atoms with van der Waals surface area (Å²) in [5.74, 6) is 0.00472. The molecule has 10 nitrogen and oxygen atoms in total. The van der Waals surface area contributed by atoms with Gasteiger partial charge in [0, 0.05) is 45.2 Å². The fraction of sp³-hybridized carbons (Fsp3) is 0.517. The molecular weight excluding hydrogens is 528 g/mol. The van der Waals surface area contributed by atoms with Crippen LogP contribution in [0.4, 0.5) is 5.82 Å². The van der Waals surface area contributed by atoms with E-state index in [-0.39, 0.29) is 36.7 Å². The van der Waals surface area contributed by atoms with Crippen LogP contribution in [-0.2, 0) is 9.59 Å². The predicted octanol–water partition coefficient (Wildman–Crippen LogP) is 3.09. The SMILES string of the molecule is Cc1ncsc1-c1ccc([C@H](C)NC(=O)[C@@H]2C[C@@H](O)CN2C(=O)[C@H](c2cc(N3CCNCC3)no2)C(C)C)cc1. The molecule has 0 saturated carbocycles. The molecule has 4 heterocycles. The first-order chi connectivity index (χ1) is 19.2. The Morgan fingerprint density at radius 3 is 2.55 bits per heavy atom. The number of piperazine rings is 1. The number of amides is 2. The molecule has 0 unspecified atom stereocenters. The topological polar surface area (TPSA) is 124 Å². The number of β-amino-alcohol motifs (C(OH)–C–C–N with tert-alkyl or cyclic N) is 1. The maximum atomic E-state index is 13.9. The van der Waals surface area contributed by atoms with E-state index in [4.69, 9.17) is 4.52 Å². The van der Waals surface area contributed by atoms with Crippen LogP contribution < -0.4 is 15.5 Å². The Bertz CT molecular complexity index is 1320. The van der Waals surface area contributed by atoms with Gasteiger partial charge in [0.2, 0.25) is 11.8 Å². The molecule has 2 aliphatic heterocycles. The summed E-state index contributed by atoms with van der Waals surface area (Å²) in [6, 6.07) is 8.88. The van der Waals surface area contributed by atoms with Crippen molar-refractivity contribution in [2.24, 2.45) is 5.92 Å². The molecule has 2 fully saturated rings. The third kappa shape index (κ3) is 5.91. The van der Waals surface area contributed by atoms with Crippen LogP contribution in [0.15, 0.2) is 40.4 Å². The van der Waals surface area contributed by atoms with Gasteiger partial charge in [-0.15, -0.1) is 11.3 Å². The minimum absolute atomic E-state index is 0.0857. The first-order valence-electron chi connectivity index (χ1n) is 13.9. The number of rotatable bonds is 8. The van der Waals surface area contributed by atoms with Gasteiger partial charge < -0.3 is 30.1 Å². The number of benzene rings is 1. The molecule has 0 spiro atoms. The maximum Gasteiger partial charge on any atom is 0.243 e. The Morgan fingerprint density at radius 2 is 1.90 bits per heavy atom. The van der Waals surface area contributed by atoms with Gasteiger partial charge in [-0.05, 0) is 30.9 Å². The van der Waals surface area contributed by atoms with Gasteiger partial charge in [0.15, 0.2) is 11.6 Å². The lowest BCUT2D eigenvalue weighted by Crippen LogP contribution is -2.48. The summed E-state index contributed by atoms with van der Waals surface area (Å²) in [5, 5.41) is 21.1. The molecule has 2 aliphatic rings. The first-order valence-corrected chi connectivity index (χ1v) is 14.8. The van der Waals surface area contributed by atoms with E-state index in [0.717, 1.165) is 53.7 Å². The van der Waals surface area contributed by atoms with Crippen molar-refractivity contribution in [3.8, 4) is 10.4 Å². The summed E-state index contributed by atoms with van der Waals surface area (Å²) >= 11 is 1.60. The van der Waals surface area contributed by atoms with Crippen LogP contribution in [-0.4, -0.2) is 76.8 Å². The van der Waals surface area contributed by atoms with Crippen molar-refractivity contribution in [2.45, 2.75) is 58.2 Å². The van der Waals surface area contributed by atoms with E-state index >= 15 is 0 Å². The van der Waals surface area contributed by atoms with E-state index < -0.39 is 18.1 Å². The molecule has 11 heteroatoms. The van der Waals surface area contributed by atoms with Crippen LogP contribution in [0.3, 0.4) is 0 Å². The van der Waals surface area contributed by atoms with Crippen molar-refractivity contribution in [3.05, 3.63) is 52.9 Å². The summed E-state index contributed by atoms with van der Waals surface area (Å²) in [6.07, 6.45) is -0.572. The molecule has 5 rings (SSSR count). The normalized spacial score (nSPS) is 21.1. The highest BCUT2D eigenvalue weighted by Crippen LogP contribution is 2.33. The van der Waals surface area contributed by atoms with E-state index in [1.807, 2.05) is 63.5 Å². The Balaban J connectivity index is 1.28. The number of aliphatic hydroxyl groups is 1. The number of carbonyl (C=O) groups excluding carboxylic acids is 2. The van der Waals surface area contributed by atoms with Gasteiger partial charge >= 0.3 is 0 Å². The van der Waals surface area contributed by atoms with Crippen LogP contribution in [0.2, 0.25) is 0 Å². The number of likely N-dealkylation sites (tertiary alicyclic amines) is 1. The quantitative estimate of drug-likeness (QED) is 0.380. The van der Waals surface area contributed by atoms with Crippen molar-refractivity contribution in [2.75, 3.05) is 37.6 Å². The summed E-state index contributed by atoms with van der Waals surface area (Å²) in [4.78, 5) is 36.4. The average molecular weight is 567 g/mol. The van der Waals surface area contributed by atoms with Gasteiger partial charge in [0.25, 0.3) is 0 Å². The Morgan fingerprint density at radius 1 is 1.18 bits per heavy atom. The molecule has 0 bridgehead atoms. The zero-order chi connectivity index (χ0) is 28.4. The third-order valence-corrected chi connectivity index (χ3v) is 8.82. The van der Waals surface area contributed by atoms with E-state index in [0.29, 0.717) is 5.76 Å². The Labute approximate surface area is 238 Å². The molecule has 214 valence electrons. The maximum absolute atomic E-state index is 13.9. The number of nitrogens with zero attached hydrogens (tertiary/aromatic N) is 4. The zero-order valence-corrected chi connectivity index (χ0v) is 24.3. The monoisotopic (exact) mass is 566 g/mol. The van der Waals surface area contributed by atoms with E-state index in [1.165, 1.54) is 4.90 Å². The predicted molar refractivity (Wildman–Crippen MR) is 154 cm³/mol. The average Bonchev–Trinajstić information content (AvgIpc) is 3.69. The lowest BCUT2D eigenvalue weighted by molar-refractivity contribution is -0.141. The lowest BCUT2D eigenvalue weighted by Gasteiger charge is -2.29. The number of nitrogens with one attached hydrogen (secondary N) is 2. The fourth-order valence-corrected chi connectivity index (χ4v) is 6.40. The second-order valence-electron chi connectivity index (χ2n) is 11.1. The second kappa shape index (κ2) is 12.1. The Kier molecular flexibility index (Phi) is 8.53. The molecule has 40 heavy (non-hydrogen) atoms. The van der Waals surface area contributed by atoms with Gasteiger partial charge in [-0.2, -0.15) is 0 Å². The number of hydrogen-bond acceptors (Lipinski definition) is 9. The highest BCUT2D eigenvalue weighted by atomic mass is 32.1. The molecule has 1 aromatic carbocycles. The van der Waals surface area contributed by atoms with Gasteiger partial charge in [0.05, 0.1) is 28.2 Å². The summed E-state index contributed by atoms with van der Waals surface area (Å²) < 4.78 is 5.68. The van der Waals surface area contributed by atoms with Crippen LogP contribution in [0.5, 0.6) is 0 Å². The fourth-order valence-electron chi connectivity index (χ4n) is 5.58. The Hall–Kier alpha value is -3.28. The lowest BCUT2D eigenvalue weighted by atomic mass is 9.91. The highest BCUT2D eigenvalue weighted by molar-refractivity contribution is 7.13. The zero-order valence-electron chi connectivity index (χ0n) is 23.5. The smallest absolute Gasteiger partial charge is 0.243 e. The van der Waals surface area contributed by atoms with Crippen LogP contribution in [0, 0.1) is 12.8 Å². The molecule has 0 radical (unpaired) electrons. The molecule has 3 N–H and O–H groups in total. The summed E-state index contributed by atoms with van der Waals surface area (Å²) in [7, 11) is 0. The van der Waals surface area contributed by atoms with Crippen molar-refractivity contribution in [1.29, 1.82) is 0 Å². The number of aromatic nitrogens is 2. The second-order valence-corrected chi connectivity index (χ2v) is 11.9. The van der Waals surface area contributed by atoms with Gasteiger partial charge in [-0.1, -0.05) is 43.3 Å². The number of aliphatic hydroxyl groups excluding tert-OH is 1. The van der Waals surface area contributed by atoms with Crippen LogP contribution in [0.1, 0.15) is 56.2 Å². The third-order valence-electron chi connectivity index (χ3n) is 7.84. The number of thiazole rings is 1. The van der Waals surface area contributed by atoms with E-state index in [1.54, 1.807) is 11.3 Å². The number of aryl methyl sites for hydroxylation is 1. The molecular formula is C29H38N6O4S. The first kappa shape index (κ1) is 28.3. The van der Waals surface area contributed by atoms with Gasteiger partial charge in [-0.3, -0.25) is 9.59 Å². The molecule has 3 aromatic rings. The molecule has 2 saturated heterocycles. The number of carbonyl (C=O) groups is 2. The summed E-state index contributed by atoms with van der Waals surface area (Å²) in [5.41, 5.74) is 4.87. The number of anilines is 1. The van der Waals surface area contributed by atoms with Crippen molar-refractivity contribution in [1.82, 2.24) is 25.7 Å². The van der Waals surface area contributed by atoms with Crippen molar-refractivity contribution < 1.29 is 19.2 Å². The standard InChI is InChI=1S/C29H38N6O4S/c1-17(2)26(24-14-25(33-39-24)34-11-9-30-10-12-34)29(38)35-15-22(36)13-23(35)28(37)32-18(3)20-5-7-21(8-6-20)27-19(4)31-16-40-27/h5-8,14,16-18,22-23,26,30,36H,9-13,15H2,1-4H3,(H,32,37)/t18-,22+,23-,26-/m0/s1. The largest absolute Gasteiger partial charge is 0.391 e. The molecule has 2 aromatic heterocycles.